The van der Waals surface area contributed by atoms with E-state index in [-0.39, 0.29) is 11.9 Å². The summed E-state index contributed by atoms with van der Waals surface area (Å²) in [6.45, 7) is 8.44. The summed E-state index contributed by atoms with van der Waals surface area (Å²) in [6.07, 6.45) is 3.45. The van der Waals surface area contributed by atoms with E-state index in [1.54, 1.807) is 0 Å². The lowest BCUT2D eigenvalue weighted by Crippen LogP contribution is -2.28. The van der Waals surface area contributed by atoms with Gasteiger partial charge in [-0.1, -0.05) is 49.9 Å². The third-order valence-corrected chi connectivity index (χ3v) is 5.52. The summed E-state index contributed by atoms with van der Waals surface area (Å²) in [5.74, 6) is 1.97. The highest BCUT2D eigenvalue weighted by Crippen LogP contribution is 2.38. The van der Waals surface area contributed by atoms with E-state index in [2.05, 4.69) is 58.2 Å². The molecule has 6 heteroatoms. The third-order valence-electron chi connectivity index (χ3n) is 4.58. The molecule has 1 aromatic heterocycles. The van der Waals surface area contributed by atoms with Crippen LogP contribution in [0, 0.1) is 12.8 Å². The molecule has 2 aromatic rings. The van der Waals surface area contributed by atoms with Crippen molar-refractivity contribution in [3.63, 3.8) is 0 Å². The van der Waals surface area contributed by atoms with Crippen molar-refractivity contribution in [2.45, 2.75) is 64.2 Å². The van der Waals surface area contributed by atoms with Gasteiger partial charge < -0.3 is 9.88 Å². The Hall–Kier alpha value is -1.82. The molecule has 1 aromatic carbocycles. The molecule has 1 saturated carbocycles. The van der Waals surface area contributed by atoms with Crippen molar-refractivity contribution < 1.29 is 4.79 Å². The first-order valence-corrected chi connectivity index (χ1v) is 10.3. The Morgan fingerprint density at radius 2 is 1.92 bits per heavy atom. The molecule has 0 saturated heterocycles. The smallest absolute Gasteiger partial charge is 0.230 e. The minimum absolute atomic E-state index is 0.000705. The second-order valence-corrected chi connectivity index (χ2v) is 8.49. The number of amides is 1. The predicted molar refractivity (Wildman–Crippen MR) is 105 cm³/mol. The van der Waals surface area contributed by atoms with Crippen LogP contribution in [-0.2, 0) is 11.2 Å². The Kier molecular flexibility index (Phi) is 6.01. The molecule has 26 heavy (non-hydrogen) atoms. The van der Waals surface area contributed by atoms with Crippen LogP contribution >= 0.6 is 11.8 Å². The van der Waals surface area contributed by atoms with E-state index >= 15 is 0 Å². The van der Waals surface area contributed by atoms with Crippen molar-refractivity contribution in [3.05, 3.63) is 41.2 Å². The fourth-order valence-corrected chi connectivity index (χ4v) is 3.97. The lowest BCUT2D eigenvalue weighted by atomic mass is 10.00. The molecule has 1 aliphatic rings. The number of benzene rings is 1. The van der Waals surface area contributed by atoms with Crippen molar-refractivity contribution in [3.8, 4) is 0 Å². The van der Waals surface area contributed by atoms with E-state index in [1.807, 2.05) is 13.8 Å². The fourth-order valence-electron chi connectivity index (χ4n) is 3.11. The molecule has 140 valence electrons. The zero-order valence-electron chi connectivity index (χ0n) is 16.0. The standard InChI is InChI=1S/C20H28N4OS/c1-13(2)11-16-5-7-17(8-6-16)14(3)21-19(25)12-26-20-23-22-15(4)24(20)18-9-10-18/h5-8,13-14,18H,9-12H2,1-4H3,(H,21,25)/t14-/m0/s1. The molecule has 3 rings (SSSR count). The SMILES string of the molecule is Cc1nnc(SCC(=O)N[C@@H](C)c2ccc(CC(C)C)cc2)n1C1CC1. The number of rotatable bonds is 8. The molecule has 0 spiro atoms. The first kappa shape index (κ1) is 19.0. The minimum Gasteiger partial charge on any atom is -0.349 e. The van der Waals surface area contributed by atoms with Gasteiger partial charge in [-0.15, -0.1) is 10.2 Å². The van der Waals surface area contributed by atoms with Crippen LogP contribution in [0.2, 0.25) is 0 Å². The van der Waals surface area contributed by atoms with E-state index in [4.69, 9.17) is 0 Å². The largest absolute Gasteiger partial charge is 0.349 e. The second-order valence-electron chi connectivity index (χ2n) is 7.55. The Bertz CT molecular complexity index is 750. The molecule has 0 unspecified atom stereocenters. The molecule has 1 aliphatic carbocycles. The van der Waals surface area contributed by atoms with Crippen LogP contribution in [0.5, 0.6) is 0 Å². The molecule has 1 atom stereocenters. The van der Waals surface area contributed by atoms with Gasteiger partial charge in [0.2, 0.25) is 5.91 Å². The van der Waals surface area contributed by atoms with Gasteiger partial charge in [0, 0.05) is 6.04 Å². The first-order chi connectivity index (χ1) is 12.4. The number of thioether (sulfide) groups is 1. The van der Waals surface area contributed by atoms with Crippen LogP contribution in [0.3, 0.4) is 0 Å². The number of aromatic nitrogens is 3. The maximum atomic E-state index is 12.3. The second kappa shape index (κ2) is 8.25. The van der Waals surface area contributed by atoms with E-state index in [0.717, 1.165) is 23.0 Å². The Balaban J connectivity index is 1.51. The zero-order chi connectivity index (χ0) is 18.7. The Morgan fingerprint density at radius 1 is 1.23 bits per heavy atom. The maximum Gasteiger partial charge on any atom is 0.230 e. The fraction of sp³-hybridized carbons (Fsp3) is 0.550. The van der Waals surface area contributed by atoms with Crippen LogP contribution in [0.4, 0.5) is 0 Å². The normalized spacial score (nSPS) is 15.3. The van der Waals surface area contributed by atoms with Crippen molar-refractivity contribution >= 4 is 17.7 Å². The summed E-state index contributed by atoms with van der Waals surface area (Å²) in [5.41, 5.74) is 2.47. The van der Waals surface area contributed by atoms with Gasteiger partial charge in [-0.2, -0.15) is 0 Å². The van der Waals surface area contributed by atoms with Crippen LogP contribution < -0.4 is 5.32 Å². The average Bonchev–Trinajstić information content (AvgIpc) is 3.36. The number of aryl methyl sites for hydroxylation is 1. The quantitative estimate of drug-likeness (QED) is 0.709. The van der Waals surface area contributed by atoms with E-state index in [1.165, 1.54) is 30.2 Å². The number of nitrogens with zero attached hydrogens (tertiary/aromatic N) is 3. The number of carbonyl (C=O) groups excluding carboxylic acids is 1. The van der Waals surface area contributed by atoms with E-state index < -0.39 is 0 Å². The molecule has 1 heterocycles. The summed E-state index contributed by atoms with van der Waals surface area (Å²) in [4.78, 5) is 12.3. The highest BCUT2D eigenvalue weighted by atomic mass is 32.2. The number of nitrogens with one attached hydrogen (secondary N) is 1. The predicted octanol–water partition coefficient (Wildman–Crippen LogP) is 4.09. The van der Waals surface area contributed by atoms with Crippen LogP contribution in [0.15, 0.2) is 29.4 Å². The molecule has 1 amide bonds. The molecule has 1 fully saturated rings. The van der Waals surface area contributed by atoms with Crippen molar-refractivity contribution in [2.24, 2.45) is 5.92 Å². The van der Waals surface area contributed by atoms with Crippen molar-refractivity contribution in [1.82, 2.24) is 20.1 Å². The van der Waals surface area contributed by atoms with Gasteiger partial charge in [0.05, 0.1) is 11.8 Å². The summed E-state index contributed by atoms with van der Waals surface area (Å²) in [7, 11) is 0. The number of carbonyl (C=O) groups is 1. The molecule has 0 aliphatic heterocycles. The van der Waals surface area contributed by atoms with Crippen LogP contribution in [-0.4, -0.2) is 26.4 Å². The van der Waals surface area contributed by atoms with Gasteiger partial charge in [-0.25, -0.2) is 0 Å². The maximum absolute atomic E-state index is 12.3. The molecule has 0 radical (unpaired) electrons. The molecule has 1 N–H and O–H groups in total. The van der Waals surface area contributed by atoms with Gasteiger partial charge in [0.15, 0.2) is 5.16 Å². The van der Waals surface area contributed by atoms with Crippen molar-refractivity contribution in [1.29, 1.82) is 0 Å². The van der Waals surface area contributed by atoms with Gasteiger partial charge in [-0.3, -0.25) is 4.79 Å². The minimum atomic E-state index is -0.000705. The first-order valence-electron chi connectivity index (χ1n) is 9.36. The third kappa shape index (κ3) is 4.87. The van der Waals surface area contributed by atoms with Crippen LogP contribution in [0.25, 0.3) is 0 Å². The van der Waals surface area contributed by atoms with Gasteiger partial charge in [0.25, 0.3) is 0 Å². The van der Waals surface area contributed by atoms with Gasteiger partial charge in [-0.05, 0) is 50.2 Å². The monoisotopic (exact) mass is 372 g/mol. The summed E-state index contributed by atoms with van der Waals surface area (Å²) in [6, 6.07) is 9.07. The topological polar surface area (TPSA) is 59.8 Å². The number of hydrogen-bond donors (Lipinski definition) is 1. The van der Waals surface area contributed by atoms with Gasteiger partial charge in [0.1, 0.15) is 5.82 Å². The van der Waals surface area contributed by atoms with Gasteiger partial charge >= 0.3 is 0 Å². The lowest BCUT2D eigenvalue weighted by molar-refractivity contribution is -0.119. The average molecular weight is 373 g/mol. The molecule has 5 nitrogen and oxygen atoms in total. The highest BCUT2D eigenvalue weighted by molar-refractivity contribution is 7.99. The molecule has 0 bridgehead atoms. The van der Waals surface area contributed by atoms with Crippen molar-refractivity contribution in [2.75, 3.05) is 5.75 Å². The Morgan fingerprint density at radius 3 is 2.54 bits per heavy atom. The number of hydrogen-bond acceptors (Lipinski definition) is 4. The molecular weight excluding hydrogens is 344 g/mol. The lowest BCUT2D eigenvalue weighted by Gasteiger charge is -2.15. The Labute approximate surface area is 160 Å². The van der Waals surface area contributed by atoms with Crippen LogP contribution in [0.1, 0.15) is 62.6 Å². The highest BCUT2D eigenvalue weighted by Gasteiger charge is 2.28. The van der Waals surface area contributed by atoms with E-state index in [9.17, 15) is 4.79 Å². The zero-order valence-corrected chi connectivity index (χ0v) is 16.8. The van der Waals surface area contributed by atoms with E-state index in [0.29, 0.717) is 17.7 Å². The summed E-state index contributed by atoms with van der Waals surface area (Å²) >= 11 is 1.47. The summed E-state index contributed by atoms with van der Waals surface area (Å²) < 4.78 is 2.16. The summed E-state index contributed by atoms with van der Waals surface area (Å²) in [5, 5.41) is 12.3. The molecular formula is C20H28N4OS.